The maximum absolute atomic E-state index is 12.6. The Bertz CT molecular complexity index is 863. The van der Waals surface area contributed by atoms with Gasteiger partial charge in [-0.3, -0.25) is 9.59 Å². The molecule has 2 saturated heterocycles. The SMILES string of the molecule is C/C=C(/C)C(=O)O[C@H]1C[C@@](C)(OC(C)=O)[C@@]23O[C@@H]2[C@H](O)[C@@](C)(O)[C@@H]3[C@H]2OC(=O)[C@@H](C)[C@@H]21. The minimum atomic E-state index is -1.67. The summed E-state index contributed by atoms with van der Waals surface area (Å²) in [5.41, 5.74) is -3.88. The Morgan fingerprint density at radius 1 is 1.26 bits per heavy atom. The van der Waals surface area contributed by atoms with Crippen LogP contribution < -0.4 is 0 Å². The first kappa shape index (κ1) is 22.2. The predicted octanol–water partition coefficient (Wildman–Crippen LogP) is 0.647. The van der Waals surface area contributed by atoms with Gasteiger partial charge in [-0.15, -0.1) is 0 Å². The summed E-state index contributed by atoms with van der Waals surface area (Å²) in [6.45, 7) is 9.41. The number of hydrogen-bond donors (Lipinski definition) is 2. The molecule has 9 heteroatoms. The fourth-order valence-electron chi connectivity index (χ4n) is 6.15. The van der Waals surface area contributed by atoms with Crippen molar-refractivity contribution in [2.75, 3.05) is 0 Å². The van der Waals surface area contributed by atoms with Crippen LogP contribution in [0, 0.1) is 17.8 Å². The van der Waals surface area contributed by atoms with Gasteiger partial charge >= 0.3 is 17.9 Å². The molecule has 10 atom stereocenters. The van der Waals surface area contributed by atoms with Crippen molar-refractivity contribution in [1.82, 2.24) is 0 Å². The number of rotatable bonds is 3. The van der Waals surface area contributed by atoms with E-state index < -0.39 is 76.9 Å². The fraction of sp³-hybridized carbons (Fsp3) is 0.773. The maximum Gasteiger partial charge on any atom is 0.333 e. The van der Waals surface area contributed by atoms with Gasteiger partial charge in [0.05, 0.1) is 17.4 Å². The lowest BCUT2D eigenvalue weighted by molar-refractivity contribution is -0.192. The first-order chi connectivity index (χ1) is 14.3. The molecule has 2 N–H and O–H groups in total. The Labute approximate surface area is 180 Å². The second-order valence-electron chi connectivity index (χ2n) is 9.69. The summed E-state index contributed by atoms with van der Waals surface area (Å²) in [5.74, 6) is -3.71. The molecule has 0 radical (unpaired) electrons. The van der Waals surface area contributed by atoms with Crippen LogP contribution in [0.15, 0.2) is 11.6 Å². The molecule has 1 spiro atoms. The average molecular weight is 438 g/mol. The number of carbonyl (C=O) groups excluding carboxylic acids is 3. The minimum Gasteiger partial charge on any atom is -0.461 e. The maximum atomic E-state index is 12.6. The number of aliphatic hydroxyl groups is 2. The summed E-state index contributed by atoms with van der Waals surface area (Å²) >= 11 is 0. The van der Waals surface area contributed by atoms with Crippen molar-refractivity contribution in [1.29, 1.82) is 0 Å². The van der Waals surface area contributed by atoms with E-state index in [4.69, 9.17) is 18.9 Å². The molecule has 4 aliphatic rings. The van der Waals surface area contributed by atoms with Gasteiger partial charge in [0.1, 0.15) is 35.6 Å². The number of ether oxygens (including phenoxy) is 4. The predicted molar refractivity (Wildman–Crippen MR) is 104 cm³/mol. The third-order valence-electron chi connectivity index (χ3n) is 7.80. The van der Waals surface area contributed by atoms with Gasteiger partial charge < -0.3 is 29.2 Å². The normalized spacial score (nSPS) is 50.5. The Kier molecular flexibility index (Phi) is 4.85. The van der Waals surface area contributed by atoms with Gasteiger partial charge in [0, 0.05) is 24.8 Å². The number of fused-ring (bicyclic) bond motifs is 2. The van der Waals surface area contributed by atoms with E-state index in [1.54, 1.807) is 33.8 Å². The van der Waals surface area contributed by atoms with E-state index in [-0.39, 0.29) is 6.42 Å². The van der Waals surface area contributed by atoms with Crippen LogP contribution in [0.4, 0.5) is 0 Å². The van der Waals surface area contributed by atoms with Gasteiger partial charge in [-0.25, -0.2) is 4.79 Å². The average Bonchev–Trinajstić information content (AvgIpc) is 3.31. The molecule has 0 unspecified atom stereocenters. The first-order valence-corrected chi connectivity index (χ1v) is 10.6. The molecule has 4 fully saturated rings. The summed E-state index contributed by atoms with van der Waals surface area (Å²) in [4.78, 5) is 37.3. The molecule has 0 amide bonds. The standard InChI is InChI=1S/C22H30O9/c1-7-9(2)18(25)28-12-8-20(5,30-11(4)23)22-15(14-13(12)10(3)19(26)29-14)21(6,27)16(24)17(22)31-22/h7,10,12-17,24,27H,8H2,1-6H3/b9-7-/t10-,12-,13+,14-,15-,16-,17+,20+,21-,22-/m0/s1. The highest BCUT2D eigenvalue weighted by Crippen LogP contribution is 2.69. The summed E-state index contributed by atoms with van der Waals surface area (Å²) in [6.07, 6.45) is -2.13. The number of aliphatic hydroxyl groups excluding tert-OH is 1. The van der Waals surface area contributed by atoms with Gasteiger partial charge in [-0.2, -0.15) is 0 Å². The van der Waals surface area contributed by atoms with Crippen LogP contribution in [-0.2, 0) is 33.3 Å². The Morgan fingerprint density at radius 2 is 1.90 bits per heavy atom. The zero-order valence-corrected chi connectivity index (χ0v) is 18.6. The zero-order chi connectivity index (χ0) is 23.1. The van der Waals surface area contributed by atoms with Crippen molar-refractivity contribution in [3.8, 4) is 0 Å². The van der Waals surface area contributed by atoms with Crippen LogP contribution >= 0.6 is 0 Å². The largest absolute Gasteiger partial charge is 0.461 e. The van der Waals surface area contributed by atoms with Crippen LogP contribution in [0.1, 0.15) is 48.0 Å². The van der Waals surface area contributed by atoms with E-state index in [2.05, 4.69) is 0 Å². The van der Waals surface area contributed by atoms with Gasteiger partial charge in [-0.1, -0.05) is 13.0 Å². The van der Waals surface area contributed by atoms with E-state index in [0.717, 1.165) is 0 Å². The molecule has 2 aliphatic carbocycles. The third-order valence-corrected chi connectivity index (χ3v) is 7.80. The Morgan fingerprint density at radius 3 is 2.48 bits per heavy atom. The lowest BCUT2D eigenvalue weighted by Gasteiger charge is -2.41. The second kappa shape index (κ2) is 6.76. The molecule has 31 heavy (non-hydrogen) atoms. The number of epoxide rings is 1. The van der Waals surface area contributed by atoms with Crippen molar-refractivity contribution in [2.45, 2.75) is 89.2 Å². The van der Waals surface area contributed by atoms with Crippen LogP contribution in [-0.4, -0.2) is 69.3 Å². The number of allylic oxidation sites excluding steroid dienone is 1. The van der Waals surface area contributed by atoms with E-state index in [1.165, 1.54) is 13.8 Å². The molecule has 172 valence electrons. The zero-order valence-electron chi connectivity index (χ0n) is 18.6. The lowest BCUT2D eigenvalue weighted by Crippen LogP contribution is -2.57. The summed E-state index contributed by atoms with van der Waals surface area (Å²) in [7, 11) is 0. The summed E-state index contributed by atoms with van der Waals surface area (Å²) < 4.78 is 23.2. The lowest BCUT2D eigenvalue weighted by atomic mass is 9.72. The van der Waals surface area contributed by atoms with Crippen LogP contribution in [0.3, 0.4) is 0 Å². The highest BCUT2D eigenvalue weighted by molar-refractivity contribution is 5.88. The van der Waals surface area contributed by atoms with E-state index >= 15 is 0 Å². The highest BCUT2D eigenvalue weighted by Gasteiger charge is 2.88. The topological polar surface area (TPSA) is 132 Å². The molecule has 2 saturated carbocycles. The molecular formula is C22H30O9. The molecule has 2 aliphatic heterocycles. The van der Waals surface area contributed by atoms with Crippen LogP contribution in [0.2, 0.25) is 0 Å². The van der Waals surface area contributed by atoms with Crippen molar-refractivity contribution in [2.24, 2.45) is 17.8 Å². The highest BCUT2D eigenvalue weighted by atomic mass is 16.7. The van der Waals surface area contributed by atoms with E-state index in [9.17, 15) is 24.6 Å². The van der Waals surface area contributed by atoms with E-state index in [0.29, 0.717) is 5.57 Å². The Balaban J connectivity index is 1.85. The molecule has 0 aromatic rings. The monoisotopic (exact) mass is 438 g/mol. The molecule has 0 aromatic heterocycles. The Hall–Kier alpha value is -1.97. The summed E-state index contributed by atoms with van der Waals surface area (Å²) in [5, 5.41) is 22.1. The number of hydrogen-bond acceptors (Lipinski definition) is 9. The second-order valence-corrected chi connectivity index (χ2v) is 9.69. The van der Waals surface area contributed by atoms with E-state index in [1.807, 2.05) is 0 Å². The molecule has 9 nitrogen and oxygen atoms in total. The first-order valence-electron chi connectivity index (χ1n) is 10.6. The van der Waals surface area contributed by atoms with Gasteiger partial charge in [-0.05, 0) is 27.7 Å². The molecular weight excluding hydrogens is 408 g/mol. The van der Waals surface area contributed by atoms with Crippen molar-refractivity contribution >= 4 is 17.9 Å². The molecule has 4 rings (SSSR count). The number of esters is 3. The quantitative estimate of drug-likeness (QED) is 0.282. The molecule has 2 heterocycles. The summed E-state index contributed by atoms with van der Waals surface area (Å²) in [6, 6.07) is 0. The minimum absolute atomic E-state index is 0.0350. The van der Waals surface area contributed by atoms with Crippen LogP contribution in [0.25, 0.3) is 0 Å². The molecule has 0 bridgehead atoms. The fourth-order valence-corrected chi connectivity index (χ4v) is 6.15. The number of carbonyl (C=O) groups is 3. The van der Waals surface area contributed by atoms with Crippen molar-refractivity contribution in [3.63, 3.8) is 0 Å². The van der Waals surface area contributed by atoms with Gasteiger partial charge in [0.15, 0.2) is 0 Å². The van der Waals surface area contributed by atoms with Crippen molar-refractivity contribution < 1.29 is 43.5 Å². The van der Waals surface area contributed by atoms with Crippen molar-refractivity contribution in [3.05, 3.63) is 11.6 Å². The van der Waals surface area contributed by atoms with Gasteiger partial charge in [0.25, 0.3) is 0 Å². The molecule has 0 aromatic carbocycles. The third kappa shape index (κ3) is 2.82. The smallest absolute Gasteiger partial charge is 0.333 e. The van der Waals surface area contributed by atoms with Crippen LogP contribution in [0.5, 0.6) is 0 Å². The van der Waals surface area contributed by atoms with Gasteiger partial charge in [0.2, 0.25) is 0 Å².